The van der Waals surface area contributed by atoms with Gasteiger partial charge in [0.2, 0.25) is 0 Å². The number of rotatable bonds is 5. The fraction of sp³-hybridized carbons (Fsp3) is 0.0800. The van der Waals surface area contributed by atoms with E-state index in [2.05, 4.69) is 10.5 Å². The molecular weight excluding hydrogens is 374 g/mol. The highest BCUT2D eigenvalue weighted by atomic mass is 16.5. The highest BCUT2D eigenvalue weighted by Crippen LogP contribution is 2.25. The predicted molar refractivity (Wildman–Crippen MR) is 120 cm³/mol. The molecule has 0 saturated carbocycles. The van der Waals surface area contributed by atoms with E-state index in [9.17, 15) is 4.79 Å². The number of nitrogens with one attached hydrogen (secondary N) is 1. The number of nitrogens with zero attached hydrogens (tertiary/aromatic N) is 2. The number of amides is 1. The highest BCUT2D eigenvalue weighted by molar-refractivity contribution is 6.07. The lowest BCUT2D eigenvalue weighted by Gasteiger charge is -2.09. The molecule has 0 radical (unpaired) electrons. The molecule has 1 amide bonds. The number of pyridine rings is 1. The van der Waals surface area contributed by atoms with Gasteiger partial charge in [0, 0.05) is 10.9 Å². The van der Waals surface area contributed by atoms with Gasteiger partial charge in [-0.3, -0.25) is 4.79 Å². The molecule has 0 spiro atoms. The minimum absolute atomic E-state index is 0.285. The quantitative estimate of drug-likeness (QED) is 0.383. The lowest BCUT2D eigenvalue weighted by molar-refractivity contribution is 0.0956. The van der Waals surface area contributed by atoms with Gasteiger partial charge in [0.1, 0.15) is 5.75 Å². The molecule has 0 atom stereocenters. The summed E-state index contributed by atoms with van der Waals surface area (Å²) in [6.45, 7) is 2.04. The van der Waals surface area contributed by atoms with Gasteiger partial charge in [-0.25, -0.2) is 10.4 Å². The van der Waals surface area contributed by atoms with Crippen molar-refractivity contribution in [3.8, 4) is 17.0 Å². The van der Waals surface area contributed by atoms with E-state index >= 15 is 0 Å². The first kappa shape index (κ1) is 19.3. The summed E-state index contributed by atoms with van der Waals surface area (Å²) >= 11 is 0. The summed E-state index contributed by atoms with van der Waals surface area (Å²) < 4.78 is 5.14. The highest BCUT2D eigenvalue weighted by Gasteiger charge is 2.13. The third kappa shape index (κ3) is 4.20. The van der Waals surface area contributed by atoms with Crippen molar-refractivity contribution < 1.29 is 9.53 Å². The number of methoxy groups -OCH3 is 1. The van der Waals surface area contributed by atoms with Gasteiger partial charge >= 0.3 is 0 Å². The number of aryl methyl sites for hydroxylation is 1. The standard InChI is InChI=1S/C25H21N3O2/c1-17-7-11-19(12-8-17)24-15-22(21-5-3-4-6-23(21)27-24)25(29)28-26-16-18-9-13-20(30-2)14-10-18/h3-16H,1-2H3,(H,28,29)/b26-16+. The Morgan fingerprint density at radius 3 is 2.47 bits per heavy atom. The third-order valence-corrected chi connectivity index (χ3v) is 4.80. The van der Waals surface area contributed by atoms with Crippen molar-refractivity contribution in [1.82, 2.24) is 10.4 Å². The maximum absolute atomic E-state index is 12.9. The van der Waals surface area contributed by atoms with E-state index in [0.29, 0.717) is 5.56 Å². The van der Waals surface area contributed by atoms with Gasteiger partial charge < -0.3 is 4.74 Å². The number of benzene rings is 3. The normalized spacial score (nSPS) is 11.0. The number of hydrogen-bond acceptors (Lipinski definition) is 4. The molecule has 0 aliphatic carbocycles. The van der Waals surface area contributed by atoms with Gasteiger partial charge in [0.25, 0.3) is 5.91 Å². The van der Waals surface area contributed by atoms with E-state index in [1.54, 1.807) is 13.3 Å². The molecular formula is C25H21N3O2. The van der Waals surface area contributed by atoms with Crippen LogP contribution < -0.4 is 10.2 Å². The third-order valence-electron chi connectivity index (χ3n) is 4.80. The van der Waals surface area contributed by atoms with E-state index in [4.69, 9.17) is 9.72 Å². The first-order valence-corrected chi connectivity index (χ1v) is 9.58. The fourth-order valence-electron chi connectivity index (χ4n) is 3.15. The predicted octanol–water partition coefficient (Wildman–Crippen LogP) is 4.98. The Labute approximate surface area is 175 Å². The number of hydrogen-bond donors (Lipinski definition) is 1. The second-order valence-corrected chi connectivity index (χ2v) is 6.91. The average Bonchev–Trinajstić information content (AvgIpc) is 2.79. The Bertz CT molecular complexity index is 1210. The van der Waals surface area contributed by atoms with Crippen LogP contribution in [0.5, 0.6) is 5.75 Å². The van der Waals surface area contributed by atoms with Gasteiger partial charge in [-0.2, -0.15) is 5.10 Å². The molecule has 4 rings (SSSR count). The summed E-state index contributed by atoms with van der Waals surface area (Å²) in [7, 11) is 1.62. The van der Waals surface area contributed by atoms with Gasteiger partial charge in [0.05, 0.1) is 30.1 Å². The smallest absolute Gasteiger partial charge is 0.272 e. The zero-order valence-electron chi connectivity index (χ0n) is 16.8. The van der Waals surface area contributed by atoms with Crippen LogP contribution in [0.25, 0.3) is 22.2 Å². The number of carbonyl (C=O) groups is 1. The van der Waals surface area contributed by atoms with Crippen molar-refractivity contribution in [3.05, 3.63) is 95.6 Å². The zero-order valence-corrected chi connectivity index (χ0v) is 16.8. The molecule has 5 heteroatoms. The molecule has 30 heavy (non-hydrogen) atoms. The molecule has 0 bridgehead atoms. The van der Waals surface area contributed by atoms with Crippen LogP contribution in [0.2, 0.25) is 0 Å². The Morgan fingerprint density at radius 2 is 1.73 bits per heavy atom. The number of ether oxygens (including phenoxy) is 1. The molecule has 3 aromatic carbocycles. The molecule has 1 aromatic heterocycles. The van der Waals surface area contributed by atoms with Crippen molar-refractivity contribution in [1.29, 1.82) is 0 Å². The number of carbonyl (C=O) groups excluding carboxylic acids is 1. The number of fused-ring (bicyclic) bond motifs is 1. The van der Waals surface area contributed by atoms with E-state index in [0.717, 1.165) is 33.5 Å². The molecule has 1 heterocycles. The van der Waals surface area contributed by atoms with Crippen LogP contribution in [0.1, 0.15) is 21.5 Å². The Morgan fingerprint density at radius 1 is 1.00 bits per heavy atom. The van der Waals surface area contributed by atoms with Gasteiger partial charge in [-0.1, -0.05) is 48.0 Å². The van der Waals surface area contributed by atoms with E-state index in [1.165, 1.54) is 5.56 Å². The minimum Gasteiger partial charge on any atom is -0.497 e. The monoisotopic (exact) mass is 395 g/mol. The van der Waals surface area contributed by atoms with Crippen molar-refractivity contribution in [2.45, 2.75) is 6.92 Å². The van der Waals surface area contributed by atoms with Gasteiger partial charge in [-0.05, 0) is 48.9 Å². The van der Waals surface area contributed by atoms with Crippen LogP contribution in [-0.4, -0.2) is 24.2 Å². The van der Waals surface area contributed by atoms with Crippen LogP contribution in [0.15, 0.2) is 84.0 Å². The summed E-state index contributed by atoms with van der Waals surface area (Å²) in [4.78, 5) is 17.6. The Hall–Kier alpha value is -3.99. The van der Waals surface area contributed by atoms with Crippen LogP contribution >= 0.6 is 0 Å². The number of aromatic nitrogens is 1. The minimum atomic E-state index is -0.285. The van der Waals surface area contributed by atoms with Gasteiger partial charge in [-0.15, -0.1) is 0 Å². The van der Waals surface area contributed by atoms with E-state index in [-0.39, 0.29) is 5.91 Å². The first-order chi connectivity index (χ1) is 14.6. The van der Waals surface area contributed by atoms with E-state index < -0.39 is 0 Å². The number of hydrazone groups is 1. The molecule has 148 valence electrons. The van der Waals surface area contributed by atoms with Crippen LogP contribution in [0.3, 0.4) is 0 Å². The lowest BCUT2D eigenvalue weighted by Crippen LogP contribution is -2.18. The largest absolute Gasteiger partial charge is 0.497 e. The molecule has 4 aromatic rings. The molecule has 0 aliphatic heterocycles. The zero-order chi connectivity index (χ0) is 20.9. The van der Waals surface area contributed by atoms with Crippen molar-refractivity contribution in [3.63, 3.8) is 0 Å². The second kappa shape index (κ2) is 8.57. The average molecular weight is 395 g/mol. The van der Waals surface area contributed by atoms with Gasteiger partial charge in [0.15, 0.2) is 0 Å². The maximum Gasteiger partial charge on any atom is 0.272 e. The Kier molecular flexibility index (Phi) is 5.52. The van der Waals surface area contributed by atoms with Crippen molar-refractivity contribution in [2.24, 2.45) is 5.10 Å². The van der Waals surface area contributed by atoms with Crippen molar-refractivity contribution >= 4 is 23.0 Å². The lowest BCUT2D eigenvalue weighted by atomic mass is 10.0. The first-order valence-electron chi connectivity index (χ1n) is 9.58. The summed E-state index contributed by atoms with van der Waals surface area (Å²) in [5.41, 5.74) is 7.66. The van der Waals surface area contributed by atoms with Crippen LogP contribution in [-0.2, 0) is 0 Å². The molecule has 1 N–H and O–H groups in total. The van der Waals surface area contributed by atoms with Crippen molar-refractivity contribution in [2.75, 3.05) is 7.11 Å². The Balaban J connectivity index is 1.63. The second-order valence-electron chi connectivity index (χ2n) is 6.91. The topological polar surface area (TPSA) is 63.6 Å². The maximum atomic E-state index is 12.9. The van der Waals surface area contributed by atoms with Crippen LogP contribution in [0.4, 0.5) is 0 Å². The molecule has 0 saturated heterocycles. The molecule has 0 unspecified atom stereocenters. The fourth-order valence-corrected chi connectivity index (χ4v) is 3.15. The van der Waals surface area contributed by atoms with E-state index in [1.807, 2.05) is 85.8 Å². The number of para-hydroxylation sites is 1. The summed E-state index contributed by atoms with van der Waals surface area (Å²) in [5.74, 6) is 0.481. The molecule has 0 aliphatic rings. The summed E-state index contributed by atoms with van der Waals surface area (Å²) in [6.07, 6.45) is 1.60. The SMILES string of the molecule is COc1ccc(/C=N/NC(=O)c2cc(-c3ccc(C)cc3)nc3ccccc23)cc1. The van der Waals surface area contributed by atoms with Crippen LogP contribution in [0, 0.1) is 6.92 Å². The summed E-state index contributed by atoms with van der Waals surface area (Å²) in [6, 6.07) is 24.9. The summed E-state index contributed by atoms with van der Waals surface area (Å²) in [5, 5.41) is 4.89. The molecule has 0 fully saturated rings. The molecule has 5 nitrogen and oxygen atoms in total.